The molecule has 1 unspecified atom stereocenters. The van der Waals surface area contributed by atoms with Crippen molar-refractivity contribution in [2.75, 3.05) is 5.32 Å². The summed E-state index contributed by atoms with van der Waals surface area (Å²) in [4.78, 5) is 16.5. The lowest BCUT2D eigenvalue weighted by Crippen LogP contribution is -2.31. The summed E-state index contributed by atoms with van der Waals surface area (Å²) in [5, 5.41) is 7.21. The van der Waals surface area contributed by atoms with Gasteiger partial charge in [-0.1, -0.05) is 0 Å². The Balaban J connectivity index is 1.94. The fraction of sp³-hybridized carbons (Fsp3) is 0.267. The fourth-order valence-electron chi connectivity index (χ4n) is 3.14. The van der Waals surface area contributed by atoms with Crippen LogP contribution in [0, 0.1) is 11.6 Å². The fourth-order valence-corrected chi connectivity index (χ4v) is 3.14. The maximum atomic E-state index is 13.6. The number of hydrogen-bond donors (Lipinski definition) is 1. The van der Waals surface area contributed by atoms with Crippen LogP contribution in [0.25, 0.3) is 0 Å². The number of rotatable bonds is 1. The topological polar surface area (TPSA) is 59.8 Å². The molecule has 2 aliphatic rings. The molecule has 1 aliphatic carbocycles. The molecule has 1 aromatic heterocycles. The number of carbonyl (C=O) groups is 1. The van der Waals surface area contributed by atoms with Crippen molar-refractivity contribution >= 4 is 11.7 Å². The van der Waals surface area contributed by atoms with Gasteiger partial charge in [0.1, 0.15) is 24.0 Å². The number of aromatic nitrogens is 3. The zero-order chi connectivity index (χ0) is 15.3. The number of allylic oxidation sites excluding steroid dienone is 2. The van der Waals surface area contributed by atoms with Crippen LogP contribution in [0.15, 0.2) is 35.8 Å². The lowest BCUT2D eigenvalue weighted by Gasteiger charge is -2.32. The minimum Gasteiger partial charge on any atom is -0.328 e. The monoisotopic (exact) mass is 302 g/mol. The summed E-state index contributed by atoms with van der Waals surface area (Å²) >= 11 is 0. The molecular weight excluding hydrogens is 290 g/mol. The van der Waals surface area contributed by atoms with Crippen molar-refractivity contribution in [3.63, 3.8) is 0 Å². The van der Waals surface area contributed by atoms with Gasteiger partial charge < -0.3 is 5.32 Å². The molecule has 0 bridgehead atoms. The average molecular weight is 302 g/mol. The van der Waals surface area contributed by atoms with E-state index in [9.17, 15) is 13.6 Å². The SMILES string of the molecule is O=C1CCCC2=C1C(c1cc(F)cc(F)c1)n1ncnc1N2. The highest BCUT2D eigenvalue weighted by Crippen LogP contribution is 2.39. The van der Waals surface area contributed by atoms with Crippen molar-refractivity contribution in [2.45, 2.75) is 25.3 Å². The summed E-state index contributed by atoms with van der Waals surface area (Å²) < 4.78 is 28.7. The van der Waals surface area contributed by atoms with Gasteiger partial charge in [-0.3, -0.25) is 4.79 Å². The molecule has 7 heteroatoms. The maximum absolute atomic E-state index is 13.6. The number of Topliss-reactive ketones (excluding diaryl/α,β-unsaturated/α-hetero) is 1. The van der Waals surface area contributed by atoms with Crippen molar-refractivity contribution < 1.29 is 13.6 Å². The maximum Gasteiger partial charge on any atom is 0.226 e. The van der Waals surface area contributed by atoms with Gasteiger partial charge in [0.05, 0.1) is 0 Å². The predicted octanol–water partition coefficient (Wildman–Crippen LogP) is 2.58. The van der Waals surface area contributed by atoms with Crippen LogP contribution in [0.4, 0.5) is 14.7 Å². The molecule has 0 amide bonds. The molecule has 4 rings (SSSR count). The van der Waals surface area contributed by atoms with Crippen LogP contribution in [-0.4, -0.2) is 20.5 Å². The molecule has 2 aromatic rings. The van der Waals surface area contributed by atoms with Crippen LogP contribution >= 0.6 is 0 Å². The van der Waals surface area contributed by atoms with E-state index in [1.165, 1.54) is 23.1 Å². The summed E-state index contributed by atoms with van der Waals surface area (Å²) in [5.74, 6) is -0.908. The molecule has 0 fully saturated rings. The Morgan fingerprint density at radius 2 is 1.95 bits per heavy atom. The second-order valence-electron chi connectivity index (χ2n) is 5.43. The van der Waals surface area contributed by atoms with E-state index in [0.717, 1.165) is 18.2 Å². The Kier molecular flexibility index (Phi) is 2.82. The van der Waals surface area contributed by atoms with E-state index in [2.05, 4.69) is 15.4 Å². The Morgan fingerprint density at radius 3 is 2.73 bits per heavy atom. The first-order valence-electron chi connectivity index (χ1n) is 7.02. The number of fused-ring (bicyclic) bond motifs is 1. The van der Waals surface area contributed by atoms with Crippen molar-refractivity contribution in [2.24, 2.45) is 0 Å². The standard InChI is InChI=1S/C15H12F2N4O/c16-9-4-8(5-10(17)6-9)14-13-11(2-1-3-12(13)22)20-15-18-7-19-21(14)15/h4-7,14H,1-3H2,(H,18,19,20). The van der Waals surface area contributed by atoms with Gasteiger partial charge in [-0.2, -0.15) is 10.1 Å². The second-order valence-corrected chi connectivity index (χ2v) is 5.43. The normalized spacial score (nSPS) is 20.5. The summed E-state index contributed by atoms with van der Waals surface area (Å²) in [6, 6.07) is 2.63. The number of nitrogens with zero attached hydrogens (tertiary/aromatic N) is 3. The molecule has 2 heterocycles. The smallest absolute Gasteiger partial charge is 0.226 e. The van der Waals surface area contributed by atoms with Gasteiger partial charge in [-0.25, -0.2) is 13.5 Å². The predicted molar refractivity (Wildman–Crippen MR) is 74.0 cm³/mol. The average Bonchev–Trinajstić information content (AvgIpc) is 2.92. The third-order valence-electron chi connectivity index (χ3n) is 4.01. The zero-order valence-electron chi connectivity index (χ0n) is 11.5. The van der Waals surface area contributed by atoms with Crippen molar-refractivity contribution in [3.05, 3.63) is 53.0 Å². The van der Waals surface area contributed by atoms with E-state index in [1.807, 2.05) is 0 Å². The van der Waals surface area contributed by atoms with Crippen molar-refractivity contribution in [1.82, 2.24) is 14.8 Å². The summed E-state index contributed by atoms with van der Waals surface area (Å²) in [7, 11) is 0. The van der Waals surface area contributed by atoms with Crippen molar-refractivity contribution in [3.8, 4) is 0 Å². The quantitative estimate of drug-likeness (QED) is 0.879. The summed E-state index contributed by atoms with van der Waals surface area (Å²) in [6.45, 7) is 0. The van der Waals surface area contributed by atoms with E-state index in [4.69, 9.17) is 0 Å². The van der Waals surface area contributed by atoms with Gasteiger partial charge in [0, 0.05) is 23.8 Å². The van der Waals surface area contributed by atoms with Gasteiger partial charge in [0.2, 0.25) is 5.95 Å². The molecule has 0 saturated heterocycles. The third-order valence-corrected chi connectivity index (χ3v) is 4.01. The van der Waals surface area contributed by atoms with Gasteiger partial charge in [0.25, 0.3) is 0 Å². The first-order valence-corrected chi connectivity index (χ1v) is 7.02. The summed E-state index contributed by atoms with van der Waals surface area (Å²) in [5.41, 5.74) is 1.65. The second kappa shape index (κ2) is 4.72. The van der Waals surface area contributed by atoms with Crippen LogP contribution < -0.4 is 5.32 Å². The number of carbonyl (C=O) groups excluding carboxylic acids is 1. The lowest BCUT2D eigenvalue weighted by atomic mass is 9.85. The minimum absolute atomic E-state index is 0.0235. The minimum atomic E-state index is -0.680. The van der Waals surface area contributed by atoms with E-state index in [-0.39, 0.29) is 5.78 Å². The number of anilines is 1. The van der Waals surface area contributed by atoms with E-state index < -0.39 is 17.7 Å². The summed E-state index contributed by atoms with van der Waals surface area (Å²) in [6.07, 6.45) is 3.25. The van der Waals surface area contributed by atoms with E-state index >= 15 is 0 Å². The van der Waals surface area contributed by atoms with Crippen LogP contribution in [0.5, 0.6) is 0 Å². The Morgan fingerprint density at radius 1 is 1.18 bits per heavy atom. The molecule has 0 spiro atoms. The zero-order valence-corrected chi connectivity index (χ0v) is 11.5. The highest BCUT2D eigenvalue weighted by atomic mass is 19.1. The molecule has 1 aromatic carbocycles. The number of benzene rings is 1. The van der Waals surface area contributed by atoms with Gasteiger partial charge in [0.15, 0.2) is 5.78 Å². The molecule has 1 N–H and O–H groups in total. The molecule has 5 nitrogen and oxygen atoms in total. The Labute approximate surface area is 124 Å². The Bertz CT molecular complexity index is 791. The lowest BCUT2D eigenvalue weighted by molar-refractivity contribution is -0.116. The highest BCUT2D eigenvalue weighted by molar-refractivity contribution is 5.99. The number of nitrogens with one attached hydrogen (secondary N) is 1. The van der Waals surface area contributed by atoms with E-state index in [1.54, 1.807) is 0 Å². The molecule has 0 radical (unpaired) electrons. The highest BCUT2D eigenvalue weighted by Gasteiger charge is 2.36. The first kappa shape index (κ1) is 13.1. The molecule has 112 valence electrons. The van der Waals surface area contributed by atoms with Gasteiger partial charge >= 0.3 is 0 Å². The van der Waals surface area contributed by atoms with Gasteiger partial charge in [-0.15, -0.1) is 0 Å². The van der Waals surface area contributed by atoms with E-state index in [0.29, 0.717) is 29.9 Å². The Hall–Kier alpha value is -2.57. The number of halogens is 2. The molecule has 1 atom stereocenters. The molecule has 22 heavy (non-hydrogen) atoms. The number of ketones is 1. The van der Waals surface area contributed by atoms with Crippen LogP contribution in [0.2, 0.25) is 0 Å². The molecule has 0 saturated carbocycles. The third kappa shape index (κ3) is 1.93. The first-order chi connectivity index (χ1) is 10.6. The van der Waals surface area contributed by atoms with Crippen LogP contribution in [0.3, 0.4) is 0 Å². The van der Waals surface area contributed by atoms with Gasteiger partial charge in [-0.05, 0) is 30.5 Å². The largest absolute Gasteiger partial charge is 0.328 e. The van der Waals surface area contributed by atoms with Crippen LogP contribution in [0.1, 0.15) is 30.9 Å². The van der Waals surface area contributed by atoms with Crippen LogP contribution in [-0.2, 0) is 4.79 Å². The number of hydrogen-bond acceptors (Lipinski definition) is 4. The molecular formula is C15H12F2N4O. The molecule has 1 aliphatic heterocycles. The van der Waals surface area contributed by atoms with Crippen molar-refractivity contribution in [1.29, 1.82) is 0 Å².